The van der Waals surface area contributed by atoms with Crippen molar-refractivity contribution in [1.29, 1.82) is 0 Å². The summed E-state index contributed by atoms with van der Waals surface area (Å²) in [5, 5.41) is 0. The molecule has 0 N–H and O–H groups in total. The van der Waals surface area contributed by atoms with Crippen LogP contribution >= 0.6 is 0 Å². The van der Waals surface area contributed by atoms with E-state index in [1.54, 1.807) is 12.0 Å². The maximum absolute atomic E-state index is 12.9. The van der Waals surface area contributed by atoms with Crippen LogP contribution in [0.2, 0.25) is 0 Å². The average Bonchev–Trinajstić information content (AvgIpc) is 2.68. The van der Waals surface area contributed by atoms with Gasteiger partial charge in [-0.2, -0.15) is 13.2 Å². The molecule has 3 aliphatic rings. The van der Waals surface area contributed by atoms with Gasteiger partial charge in [0.25, 0.3) is 0 Å². The Bertz CT molecular complexity index is 860. The SMILES string of the molecule is COc1ccc(CC(=O)N2C3CC2CN(c2cc(C(F)(F)F)ncn2)C3)cc1. The van der Waals surface area contributed by atoms with E-state index in [0.717, 1.165) is 30.1 Å². The number of carbonyl (C=O) groups excluding carboxylic acids is 1. The van der Waals surface area contributed by atoms with Gasteiger partial charge >= 0.3 is 6.18 Å². The molecular weight excluding hydrogens is 373 g/mol. The number of carbonyl (C=O) groups is 1. The van der Waals surface area contributed by atoms with Crippen molar-refractivity contribution in [3.63, 3.8) is 0 Å². The van der Waals surface area contributed by atoms with Gasteiger partial charge in [-0.15, -0.1) is 0 Å². The second-order valence-electron chi connectivity index (χ2n) is 7.03. The first-order chi connectivity index (χ1) is 13.3. The first kappa shape index (κ1) is 18.5. The summed E-state index contributed by atoms with van der Waals surface area (Å²) >= 11 is 0. The van der Waals surface area contributed by atoms with Crippen LogP contribution in [-0.4, -0.2) is 53.1 Å². The third kappa shape index (κ3) is 3.48. The highest BCUT2D eigenvalue weighted by Crippen LogP contribution is 2.36. The fourth-order valence-electron chi connectivity index (χ4n) is 3.89. The second kappa shape index (κ2) is 6.96. The first-order valence-corrected chi connectivity index (χ1v) is 8.93. The third-order valence-corrected chi connectivity index (χ3v) is 5.26. The zero-order chi connectivity index (χ0) is 19.9. The fourth-order valence-corrected chi connectivity index (χ4v) is 3.89. The predicted molar refractivity (Wildman–Crippen MR) is 95.0 cm³/mol. The molecule has 3 saturated heterocycles. The molecule has 0 spiro atoms. The standard InChI is InChI=1S/C19H19F3N4O2/c1-28-15-4-2-12(3-5-15)6-18(27)26-13-7-14(26)10-25(9-13)17-8-16(19(20,21)22)23-11-24-17/h2-5,8,11,13-14H,6-7,9-10H2,1H3. The smallest absolute Gasteiger partial charge is 0.433 e. The number of amides is 1. The molecule has 28 heavy (non-hydrogen) atoms. The first-order valence-electron chi connectivity index (χ1n) is 8.93. The van der Waals surface area contributed by atoms with Crippen LogP contribution in [0.25, 0.3) is 0 Å². The topological polar surface area (TPSA) is 58.6 Å². The predicted octanol–water partition coefficient (Wildman–Crippen LogP) is 2.54. The van der Waals surface area contributed by atoms with E-state index >= 15 is 0 Å². The number of hydrogen-bond acceptors (Lipinski definition) is 5. The Morgan fingerprint density at radius 3 is 2.46 bits per heavy atom. The van der Waals surface area contributed by atoms with Crippen molar-refractivity contribution in [3.05, 3.63) is 47.9 Å². The maximum atomic E-state index is 12.9. The molecule has 1 aromatic heterocycles. The van der Waals surface area contributed by atoms with Gasteiger partial charge in [-0.25, -0.2) is 9.97 Å². The van der Waals surface area contributed by atoms with Gasteiger partial charge in [0, 0.05) is 19.2 Å². The molecule has 2 unspecified atom stereocenters. The third-order valence-electron chi connectivity index (χ3n) is 5.26. The summed E-state index contributed by atoms with van der Waals surface area (Å²) < 4.78 is 43.7. The Kier molecular flexibility index (Phi) is 4.60. The molecule has 1 aromatic carbocycles. The van der Waals surface area contributed by atoms with Gasteiger partial charge in [0.15, 0.2) is 0 Å². The molecule has 9 heteroatoms. The number of ether oxygens (including phenoxy) is 1. The van der Waals surface area contributed by atoms with E-state index in [1.165, 1.54) is 0 Å². The number of nitrogens with zero attached hydrogens (tertiary/aromatic N) is 4. The Hall–Kier alpha value is -2.84. The molecule has 2 bridgehead atoms. The molecule has 3 aliphatic heterocycles. The quantitative estimate of drug-likeness (QED) is 0.801. The summed E-state index contributed by atoms with van der Waals surface area (Å²) in [5.74, 6) is 1.01. The normalized spacial score (nSPS) is 21.3. The lowest BCUT2D eigenvalue weighted by atomic mass is 9.86. The van der Waals surface area contributed by atoms with Crippen LogP contribution in [0.5, 0.6) is 5.75 Å². The zero-order valence-electron chi connectivity index (χ0n) is 15.2. The van der Waals surface area contributed by atoms with Gasteiger partial charge in [0.05, 0.1) is 25.6 Å². The van der Waals surface area contributed by atoms with Gasteiger partial charge in [0.2, 0.25) is 5.91 Å². The minimum absolute atomic E-state index is 0.00574. The number of hydrogen-bond donors (Lipinski definition) is 0. The molecule has 0 saturated carbocycles. The molecular formula is C19H19F3N4O2. The molecule has 0 aliphatic carbocycles. The van der Waals surface area contributed by atoms with Gasteiger partial charge < -0.3 is 14.5 Å². The molecule has 5 rings (SSSR count). The highest BCUT2D eigenvalue weighted by atomic mass is 19.4. The van der Waals surface area contributed by atoms with E-state index in [-0.39, 0.29) is 23.8 Å². The monoisotopic (exact) mass is 392 g/mol. The number of piperazine rings is 1. The number of rotatable bonds is 4. The van der Waals surface area contributed by atoms with Crippen LogP contribution in [0.4, 0.5) is 19.0 Å². The van der Waals surface area contributed by atoms with Crippen LogP contribution < -0.4 is 9.64 Å². The van der Waals surface area contributed by atoms with Crippen LogP contribution in [-0.2, 0) is 17.4 Å². The number of alkyl halides is 3. The summed E-state index contributed by atoms with van der Waals surface area (Å²) in [5.41, 5.74) is -0.0533. The lowest BCUT2D eigenvalue weighted by molar-refractivity contribution is -0.145. The van der Waals surface area contributed by atoms with E-state index < -0.39 is 11.9 Å². The van der Waals surface area contributed by atoms with E-state index in [2.05, 4.69) is 9.97 Å². The number of halogens is 3. The molecule has 0 radical (unpaired) electrons. The summed E-state index contributed by atoms with van der Waals surface area (Å²) in [4.78, 5) is 23.6. The highest BCUT2D eigenvalue weighted by Gasteiger charge is 2.47. The van der Waals surface area contributed by atoms with Crippen molar-refractivity contribution >= 4 is 11.7 Å². The van der Waals surface area contributed by atoms with Gasteiger partial charge in [-0.1, -0.05) is 12.1 Å². The molecule has 2 aromatic rings. The largest absolute Gasteiger partial charge is 0.497 e. The molecule has 2 atom stereocenters. The number of fused-ring (bicyclic) bond motifs is 2. The van der Waals surface area contributed by atoms with Crippen molar-refractivity contribution in [3.8, 4) is 5.75 Å². The van der Waals surface area contributed by atoms with E-state index in [9.17, 15) is 18.0 Å². The Morgan fingerprint density at radius 2 is 1.86 bits per heavy atom. The van der Waals surface area contributed by atoms with E-state index in [1.807, 2.05) is 29.2 Å². The summed E-state index contributed by atoms with van der Waals surface area (Å²) in [6, 6.07) is 8.30. The highest BCUT2D eigenvalue weighted by molar-refractivity contribution is 5.81. The summed E-state index contributed by atoms with van der Waals surface area (Å²) in [7, 11) is 1.59. The zero-order valence-corrected chi connectivity index (χ0v) is 15.2. The maximum Gasteiger partial charge on any atom is 0.433 e. The number of aromatic nitrogens is 2. The molecule has 4 heterocycles. The van der Waals surface area contributed by atoms with Crippen molar-refractivity contribution in [2.45, 2.75) is 31.1 Å². The summed E-state index contributed by atoms with van der Waals surface area (Å²) in [6.45, 7) is 0.943. The van der Waals surface area contributed by atoms with Crippen LogP contribution in [0.3, 0.4) is 0 Å². The van der Waals surface area contributed by atoms with Gasteiger partial charge in [-0.05, 0) is 24.1 Å². The number of methoxy groups -OCH3 is 1. The second-order valence-corrected chi connectivity index (χ2v) is 7.03. The minimum atomic E-state index is -4.50. The van der Waals surface area contributed by atoms with E-state index in [4.69, 9.17) is 4.74 Å². The van der Waals surface area contributed by atoms with Crippen molar-refractivity contribution in [2.24, 2.45) is 0 Å². The Morgan fingerprint density at radius 1 is 1.18 bits per heavy atom. The molecule has 6 nitrogen and oxygen atoms in total. The number of benzene rings is 1. The van der Waals surface area contributed by atoms with E-state index in [0.29, 0.717) is 19.5 Å². The van der Waals surface area contributed by atoms with Crippen molar-refractivity contribution < 1.29 is 22.7 Å². The van der Waals surface area contributed by atoms with Gasteiger partial charge in [0.1, 0.15) is 23.6 Å². The number of piperidine rings is 1. The Balaban J connectivity index is 1.41. The fraction of sp³-hybridized carbons (Fsp3) is 0.421. The van der Waals surface area contributed by atoms with Gasteiger partial charge in [-0.3, -0.25) is 4.79 Å². The Labute approximate surface area is 159 Å². The molecule has 1 amide bonds. The lowest BCUT2D eigenvalue weighted by Gasteiger charge is -2.56. The van der Waals surface area contributed by atoms with Crippen molar-refractivity contribution in [1.82, 2.24) is 14.9 Å². The molecule has 3 fully saturated rings. The molecule has 148 valence electrons. The lowest BCUT2D eigenvalue weighted by Crippen LogP contribution is -2.70. The average molecular weight is 392 g/mol. The van der Waals surface area contributed by atoms with Crippen LogP contribution in [0.1, 0.15) is 17.7 Å². The van der Waals surface area contributed by atoms with Crippen LogP contribution in [0, 0.1) is 0 Å². The number of anilines is 1. The van der Waals surface area contributed by atoms with Crippen molar-refractivity contribution in [2.75, 3.05) is 25.1 Å². The van der Waals surface area contributed by atoms with Crippen LogP contribution in [0.15, 0.2) is 36.7 Å². The summed E-state index contributed by atoms with van der Waals surface area (Å²) in [6.07, 6.45) is -2.41. The minimum Gasteiger partial charge on any atom is -0.497 e.